The van der Waals surface area contributed by atoms with Crippen LogP contribution in [0.4, 0.5) is 5.69 Å². The highest BCUT2D eigenvalue weighted by Crippen LogP contribution is 2.27. The number of hydrogen-bond donors (Lipinski definition) is 1. The normalized spacial score (nSPS) is 20.7. The van der Waals surface area contributed by atoms with Gasteiger partial charge in [0.15, 0.2) is 0 Å². The van der Waals surface area contributed by atoms with Gasteiger partial charge in [-0.1, -0.05) is 18.2 Å². The van der Waals surface area contributed by atoms with Crippen LogP contribution in [0.25, 0.3) is 0 Å². The summed E-state index contributed by atoms with van der Waals surface area (Å²) < 4.78 is 33.1. The lowest BCUT2D eigenvalue weighted by atomic mass is 9.99. The van der Waals surface area contributed by atoms with E-state index < -0.39 is 10.0 Å². The summed E-state index contributed by atoms with van der Waals surface area (Å²) in [5, 5.41) is 2.93. The molecule has 1 saturated heterocycles. The number of ether oxygens (including phenoxy) is 1. The number of nitrogens with zero attached hydrogens (tertiary/aromatic N) is 1. The molecule has 0 aromatic heterocycles. The third kappa shape index (κ3) is 4.84. The van der Waals surface area contributed by atoms with Crippen LogP contribution in [0.5, 0.6) is 5.75 Å². The lowest BCUT2D eigenvalue weighted by Gasteiger charge is -2.31. The summed E-state index contributed by atoms with van der Waals surface area (Å²) in [5.74, 6) is 0.303. The molecule has 2 aromatic rings. The van der Waals surface area contributed by atoms with Crippen molar-refractivity contribution in [2.45, 2.75) is 49.5 Å². The Kier molecular flexibility index (Phi) is 6.39. The van der Waals surface area contributed by atoms with Crippen LogP contribution in [0.15, 0.2) is 59.5 Å². The topological polar surface area (TPSA) is 75.7 Å². The first-order chi connectivity index (χ1) is 14.5. The number of carbonyl (C=O) groups is 1. The number of carbonyl (C=O) groups excluding carboxylic acids is 1. The van der Waals surface area contributed by atoms with Crippen LogP contribution in [0.2, 0.25) is 0 Å². The minimum absolute atomic E-state index is 0.146. The monoisotopic (exact) mass is 428 g/mol. The molecular weight excluding hydrogens is 400 g/mol. The van der Waals surface area contributed by atoms with E-state index in [4.69, 9.17) is 4.74 Å². The highest BCUT2D eigenvalue weighted by molar-refractivity contribution is 7.89. The summed E-state index contributed by atoms with van der Waals surface area (Å²) in [6, 6.07) is 15.8. The zero-order valence-corrected chi connectivity index (χ0v) is 17.8. The van der Waals surface area contributed by atoms with Crippen molar-refractivity contribution in [3.05, 3.63) is 54.6 Å². The van der Waals surface area contributed by atoms with Crippen LogP contribution >= 0.6 is 0 Å². The van der Waals surface area contributed by atoms with E-state index in [0.717, 1.165) is 18.6 Å². The number of benzene rings is 2. The maximum Gasteiger partial charge on any atom is 0.243 e. The molecule has 30 heavy (non-hydrogen) atoms. The van der Waals surface area contributed by atoms with E-state index >= 15 is 0 Å². The molecule has 2 aliphatic rings. The Morgan fingerprint density at radius 2 is 1.63 bits per heavy atom. The summed E-state index contributed by atoms with van der Waals surface area (Å²) in [5.41, 5.74) is 0.696. The number of nitrogens with one attached hydrogen (secondary N) is 1. The minimum Gasteiger partial charge on any atom is -0.490 e. The largest absolute Gasteiger partial charge is 0.490 e. The molecule has 1 atom stereocenters. The molecule has 1 heterocycles. The Morgan fingerprint density at radius 1 is 0.933 bits per heavy atom. The summed E-state index contributed by atoms with van der Waals surface area (Å²) in [6.07, 6.45) is 6.28. The predicted molar refractivity (Wildman–Crippen MR) is 116 cm³/mol. The number of amides is 1. The second-order valence-corrected chi connectivity index (χ2v) is 9.99. The van der Waals surface area contributed by atoms with E-state index in [1.54, 1.807) is 30.3 Å². The van der Waals surface area contributed by atoms with Crippen molar-refractivity contribution < 1.29 is 17.9 Å². The third-order valence-corrected chi connectivity index (χ3v) is 7.74. The van der Waals surface area contributed by atoms with Crippen molar-refractivity contribution in [1.29, 1.82) is 0 Å². The second kappa shape index (κ2) is 9.18. The molecule has 0 bridgehead atoms. The van der Waals surface area contributed by atoms with Crippen LogP contribution in [0.1, 0.15) is 38.5 Å². The quantitative estimate of drug-likeness (QED) is 0.753. The average molecular weight is 429 g/mol. The zero-order valence-electron chi connectivity index (χ0n) is 17.0. The third-order valence-electron chi connectivity index (χ3n) is 5.86. The van der Waals surface area contributed by atoms with Gasteiger partial charge in [-0.2, -0.15) is 4.31 Å². The Labute approximate surface area is 178 Å². The molecular formula is C23H28N2O4S. The first kappa shape index (κ1) is 20.9. The Balaban J connectivity index is 1.36. The van der Waals surface area contributed by atoms with E-state index in [1.807, 2.05) is 24.3 Å². The Bertz CT molecular complexity index is 954. The summed E-state index contributed by atoms with van der Waals surface area (Å²) in [4.78, 5) is 13.0. The summed E-state index contributed by atoms with van der Waals surface area (Å²) in [6.45, 7) is 0.639. The first-order valence-electron chi connectivity index (χ1n) is 10.7. The van der Waals surface area contributed by atoms with Gasteiger partial charge in [0.05, 0.1) is 16.9 Å². The minimum atomic E-state index is -3.58. The van der Waals surface area contributed by atoms with Crippen molar-refractivity contribution in [1.82, 2.24) is 4.31 Å². The molecule has 2 aromatic carbocycles. The van der Waals surface area contributed by atoms with Crippen molar-refractivity contribution in [3.8, 4) is 5.75 Å². The number of rotatable bonds is 6. The molecule has 0 radical (unpaired) electrons. The van der Waals surface area contributed by atoms with E-state index in [2.05, 4.69) is 5.32 Å². The highest BCUT2D eigenvalue weighted by Gasteiger charge is 2.33. The van der Waals surface area contributed by atoms with Gasteiger partial charge in [0, 0.05) is 18.8 Å². The smallest absolute Gasteiger partial charge is 0.243 e. The fourth-order valence-electron chi connectivity index (χ4n) is 4.18. The van der Waals surface area contributed by atoms with E-state index in [0.29, 0.717) is 31.2 Å². The van der Waals surface area contributed by atoms with Crippen molar-refractivity contribution >= 4 is 21.6 Å². The first-order valence-corrected chi connectivity index (χ1v) is 12.1. The number of anilines is 1. The number of hydrogen-bond acceptors (Lipinski definition) is 4. The van der Waals surface area contributed by atoms with Gasteiger partial charge >= 0.3 is 0 Å². The van der Waals surface area contributed by atoms with E-state index in [1.165, 1.54) is 17.1 Å². The molecule has 160 valence electrons. The van der Waals surface area contributed by atoms with Crippen LogP contribution in [0.3, 0.4) is 0 Å². The lowest BCUT2D eigenvalue weighted by molar-refractivity contribution is -0.120. The molecule has 0 spiro atoms. The maximum absolute atomic E-state index is 12.9. The molecule has 4 rings (SSSR count). The number of sulfonamides is 1. The fraction of sp³-hybridized carbons (Fsp3) is 0.435. The van der Waals surface area contributed by atoms with Gasteiger partial charge in [0.2, 0.25) is 15.9 Å². The van der Waals surface area contributed by atoms with E-state index in [9.17, 15) is 13.2 Å². The van der Waals surface area contributed by atoms with E-state index in [-0.39, 0.29) is 23.3 Å². The van der Waals surface area contributed by atoms with Gasteiger partial charge in [0.25, 0.3) is 0 Å². The Hall–Kier alpha value is -2.38. The SMILES string of the molecule is O=C(Nc1ccc(OC2CCCC2)cc1)[C@H]1CCCN(S(=O)(=O)c2ccccc2)C1. The molecule has 1 aliphatic heterocycles. The van der Waals surface area contributed by atoms with Gasteiger partial charge in [-0.15, -0.1) is 0 Å². The molecule has 1 saturated carbocycles. The van der Waals surface area contributed by atoms with Gasteiger partial charge in [-0.05, 0) is 74.9 Å². The van der Waals surface area contributed by atoms with Crippen LogP contribution in [-0.4, -0.2) is 37.8 Å². The van der Waals surface area contributed by atoms with Crippen molar-refractivity contribution in [2.75, 3.05) is 18.4 Å². The lowest BCUT2D eigenvalue weighted by Crippen LogP contribution is -2.43. The van der Waals surface area contributed by atoms with Crippen molar-refractivity contribution in [2.24, 2.45) is 5.92 Å². The van der Waals surface area contributed by atoms with Crippen LogP contribution in [0, 0.1) is 5.92 Å². The average Bonchev–Trinajstić information content (AvgIpc) is 3.29. The molecule has 1 amide bonds. The molecule has 1 aliphatic carbocycles. The summed E-state index contributed by atoms with van der Waals surface area (Å²) >= 11 is 0. The van der Waals surface area contributed by atoms with Crippen LogP contribution in [-0.2, 0) is 14.8 Å². The standard InChI is InChI=1S/C23H28N2O4S/c26-23(24-19-12-14-21(15-13-19)29-20-8-4-5-9-20)18-7-6-16-25(17-18)30(27,28)22-10-2-1-3-11-22/h1-3,10-15,18,20H,4-9,16-17H2,(H,24,26)/t18-/m0/s1. The van der Waals surface area contributed by atoms with Gasteiger partial charge in [0.1, 0.15) is 5.75 Å². The number of piperidine rings is 1. The van der Waals surface area contributed by atoms with Gasteiger partial charge in [-0.3, -0.25) is 4.79 Å². The fourth-order valence-corrected chi connectivity index (χ4v) is 5.72. The maximum atomic E-state index is 12.9. The predicted octanol–water partition coefficient (Wildman–Crippen LogP) is 4.05. The molecule has 7 heteroatoms. The van der Waals surface area contributed by atoms with Gasteiger partial charge < -0.3 is 10.1 Å². The molecule has 0 unspecified atom stereocenters. The summed E-state index contributed by atoms with van der Waals surface area (Å²) in [7, 11) is -3.58. The molecule has 2 fully saturated rings. The highest BCUT2D eigenvalue weighted by atomic mass is 32.2. The van der Waals surface area contributed by atoms with Gasteiger partial charge in [-0.25, -0.2) is 8.42 Å². The second-order valence-electron chi connectivity index (χ2n) is 8.05. The van der Waals surface area contributed by atoms with Crippen LogP contribution < -0.4 is 10.1 Å². The molecule has 6 nitrogen and oxygen atoms in total. The zero-order chi connectivity index (χ0) is 21.0. The Morgan fingerprint density at radius 3 is 2.33 bits per heavy atom. The molecule has 1 N–H and O–H groups in total. The van der Waals surface area contributed by atoms with Crippen molar-refractivity contribution in [3.63, 3.8) is 0 Å².